The van der Waals surface area contributed by atoms with Crippen LogP contribution in [-0.2, 0) is 19.4 Å². The molecule has 0 saturated carbocycles. The van der Waals surface area contributed by atoms with Crippen molar-refractivity contribution >= 4 is 39.4 Å². The average molecular weight is 438 g/mol. The molecule has 0 saturated heterocycles. The van der Waals surface area contributed by atoms with E-state index in [2.05, 4.69) is 10.4 Å². The fourth-order valence-corrected chi connectivity index (χ4v) is 5.68. The Hall–Kier alpha value is -2.97. The van der Waals surface area contributed by atoms with Gasteiger partial charge in [0, 0.05) is 17.3 Å². The van der Waals surface area contributed by atoms with Crippen LogP contribution in [0.25, 0.3) is 0 Å². The second kappa shape index (κ2) is 8.04. The van der Waals surface area contributed by atoms with Crippen LogP contribution < -0.4 is 5.32 Å². The maximum atomic E-state index is 13.2. The molecule has 1 amide bonds. The predicted molar refractivity (Wildman–Crippen MR) is 117 cm³/mol. The molecule has 0 spiro atoms. The van der Waals surface area contributed by atoms with Crippen LogP contribution in [0.5, 0.6) is 0 Å². The van der Waals surface area contributed by atoms with Crippen LogP contribution in [0.1, 0.15) is 54.8 Å². The fraction of sp³-hybridized carbons (Fsp3) is 0.227. The summed E-state index contributed by atoms with van der Waals surface area (Å²) in [6, 6.07) is 8.97. The Morgan fingerprint density at radius 3 is 2.87 bits per heavy atom. The number of fused-ring (bicyclic) bond motifs is 1. The van der Waals surface area contributed by atoms with Crippen LogP contribution in [0.15, 0.2) is 52.5 Å². The molecule has 0 unspecified atom stereocenters. The zero-order valence-electron chi connectivity index (χ0n) is 16.1. The van der Waals surface area contributed by atoms with Crippen molar-refractivity contribution in [1.29, 1.82) is 0 Å². The van der Waals surface area contributed by atoms with Crippen molar-refractivity contribution in [3.05, 3.63) is 80.5 Å². The maximum absolute atomic E-state index is 13.2. The molecule has 0 radical (unpaired) electrons. The van der Waals surface area contributed by atoms with E-state index in [4.69, 9.17) is 4.42 Å². The zero-order valence-corrected chi connectivity index (χ0v) is 17.7. The summed E-state index contributed by atoms with van der Waals surface area (Å²) in [6.07, 6.45) is 7.54. The summed E-state index contributed by atoms with van der Waals surface area (Å²) in [5, 5.41) is 9.61. The molecule has 0 atom stereocenters. The summed E-state index contributed by atoms with van der Waals surface area (Å²) in [6.45, 7) is 0.454. The Morgan fingerprint density at radius 1 is 1.17 bits per heavy atom. The van der Waals surface area contributed by atoms with Gasteiger partial charge < -0.3 is 9.73 Å². The molecule has 1 aliphatic rings. The lowest BCUT2D eigenvalue weighted by Crippen LogP contribution is -2.14. The van der Waals surface area contributed by atoms with E-state index in [1.54, 1.807) is 23.0 Å². The molecule has 0 bridgehead atoms. The van der Waals surface area contributed by atoms with Gasteiger partial charge in [-0.05, 0) is 60.9 Å². The third-order valence-corrected chi connectivity index (χ3v) is 7.21. The lowest BCUT2D eigenvalue weighted by Gasteiger charge is -2.12. The molecule has 0 aliphatic heterocycles. The summed E-state index contributed by atoms with van der Waals surface area (Å²) < 4.78 is 7.44. The molecule has 4 aromatic rings. The van der Waals surface area contributed by atoms with Crippen LogP contribution in [0.3, 0.4) is 0 Å². The zero-order chi connectivity index (χ0) is 20.5. The second-order valence-corrected chi connectivity index (χ2v) is 9.20. The van der Waals surface area contributed by atoms with Crippen LogP contribution >= 0.6 is 22.7 Å². The number of carbonyl (C=O) groups excluding carboxylic acids is 2. The molecule has 0 aromatic carbocycles. The molecule has 152 valence electrons. The van der Waals surface area contributed by atoms with Crippen molar-refractivity contribution in [2.24, 2.45) is 0 Å². The number of aryl methyl sites for hydroxylation is 1. The number of anilines is 1. The van der Waals surface area contributed by atoms with E-state index in [0.717, 1.165) is 31.2 Å². The summed E-state index contributed by atoms with van der Waals surface area (Å²) in [7, 11) is 0. The first kappa shape index (κ1) is 19.0. The van der Waals surface area contributed by atoms with E-state index in [1.807, 2.05) is 29.8 Å². The normalized spacial score (nSPS) is 13.2. The van der Waals surface area contributed by atoms with Gasteiger partial charge in [0.15, 0.2) is 5.76 Å². The molecule has 8 heteroatoms. The van der Waals surface area contributed by atoms with Crippen molar-refractivity contribution in [1.82, 2.24) is 9.78 Å². The highest BCUT2D eigenvalue weighted by atomic mass is 32.1. The molecule has 4 aromatic heterocycles. The minimum Gasteiger partial charge on any atom is -0.454 e. The molecular formula is C22H19N3O3S2. The maximum Gasteiger partial charge on any atom is 0.291 e. The van der Waals surface area contributed by atoms with Gasteiger partial charge in [0.1, 0.15) is 10.8 Å². The van der Waals surface area contributed by atoms with Gasteiger partial charge in [-0.25, -0.2) is 0 Å². The SMILES string of the molecule is O=C(Nc1sc2c(c1C(=O)c1cccs1)CCCC2)c1ccc(Cn2cccn2)o1. The van der Waals surface area contributed by atoms with Crippen LogP contribution in [0.2, 0.25) is 0 Å². The Morgan fingerprint density at radius 2 is 2.07 bits per heavy atom. The number of thiophene rings is 2. The molecule has 0 fully saturated rings. The Labute approximate surface area is 181 Å². The van der Waals surface area contributed by atoms with E-state index in [1.165, 1.54) is 27.6 Å². The van der Waals surface area contributed by atoms with Gasteiger partial charge in [0.05, 0.1) is 17.0 Å². The van der Waals surface area contributed by atoms with E-state index in [0.29, 0.717) is 27.7 Å². The molecule has 30 heavy (non-hydrogen) atoms. The average Bonchev–Trinajstić information content (AvgIpc) is 3.54. The first-order chi connectivity index (χ1) is 14.7. The number of rotatable bonds is 6. The van der Waals surface area contributed by atoms with Crippen molar-refractivity contribution in [3.8, 4) is 0 Å². The van der Waals surface area contributed by atoms with E-state index in [9.17, 15) is 9.59 Å². The number of aromatic nitrogens is 2. The molecule has 5 rings (SSSR count). The van der Waals surface area contributed by atoms with Gasteiger partial charge in [0.2, 0.25) is 5.78 Å². The van der Waals surface area contributed by atoms with E-state index >= 15 is 0 Å². The largest absolute Gasteiger partial charge is 0.454 e. The first-order valence-corrected chi connectivity index (χ1v) is 11.5. The smallest absolute Gasteiger partial charge is 0.291 e. The number of carbonyl (C=O) groups is 2. The summed E-state index contributed by atoms with van der Waals surface area (Å²) in [5.74, 6) is 0.501. The topological polar surface area (TPSA) is 77.1 Å². The second-order valence-electron chi connectivity index (χ2n) is 7.15. The minimum atomic E-state index is -0.347. The standard InChI is InChI=1S/C22H19N3O3S2/c26-20(18-7-3-12-29-18)19-15-5-1-2-6-17(15)30-22(19)24-21(27)16-9-8-14(28-16)13-25-11-4-10-23-25/h3-4,7-12H,1-2,5-6,13H2,(H,24,27). The number of hydrogen-bond donors (Lipinski definition) is 1. The summed E-state index contributed by atoms with van der Waals surface area (Å²) >= 11 is 2.94. The number of nitrogens with zero attached hydrogens (tertiary/aromatic N) is 2. The number of ketones is 1. The number of furan rings is 1. The third kappa shape index (κ3) is 3.64. The van der Waals surface area contributed by atoms with Gasteiger partial charge >= 0.3 is 0 Å². The van der Waals surface area contributed by atoms with E-state index < -0.39 is 0 Å². The first-order valence-electron chi connectivity index (χ1n) is 9.79. The van der Waals surface area contributed by atoms with Crippen molar-refractivity contribution in [3.63, 3.8) is 0 Å². The van der Waals surface area contributed by atoms with Gasteiger partial charge in [-0.3, -0.25) is 14.3 Å². The number of nitrogens with one attached hydrogen (secondary N) is 1. The lowest BCUT2D eigenvalue weighted by atomic mass is 9.93. The lowest BCUT2D eigenvalue weighted by molar-refractivity contribution is 0.0995. The van der Waals surface area contributed by atoms with Crippen molar-refractivity contribution < 1.29 is 14.0 Å². The molecular weight excluding hydrogens is 418 g/mol. The minimum absolute atomic E-state index is 0.0153. The predicted octanol–water partition coefficient (Wildman–Crippen LogP) is 5.01. The number of amides is 1. The van der Waals surface area contributed by atoms with Crippen LogP contribution in [0.4, 0.5) is 5.00 Å². The highest BCUT2D eigenvalue weighted by molar-refractivity contribution is 7.17. The monoisotopic (exact) mass is 437 g/mol. The highest BCUT2D eigenvalue weighted by Crippen LogP contribution is 2.40. The van der Waals surface area contributed by atoms with Gasteiger partial charge in [-0.1, -0.05) is 6.07 Å². The van der Waals surface area contributed by atoms with Gasteiger partial charge in [-0.2, -0.15) is 5.10 Å². The fourth-order valence-electron chi connectivity index (χ4n) is 3.73. The van der Waals surface area contributed by atoms with Crippen molar-refractivity contribution in [2.75, 3.05) is 5.32 Å². The molecule has 4 heterocycles. The highest BCUT2D eigenvalue weighted by Gasteiger charge is 2.28. The van der Waals surface area contributed by atoms with Crippen molar-refractivity contribution in [2.45, 2.75) is 32.2 Å². The van der Waals surface area contributed by atoms with Gasteiger partial charge in [0.25, 0.3) is 5.91 Å². The van der Waals surface area contributed by atoms with Crippen LogP contribution in [0, 0.1) is 0 Å². The summed E-state index contributed by atoms with van der Waals surface area (Å²) in [5.41, 5.74) is 1.74. The summed E-state index contributed by atoms with van der Waals surface area (Å²) in [4.78, 5) is 28.0. The molecule has 1 N–H and O–H groups in total. The Bertz CT molecular complexity index is 1190. The Balaban J connectivity index is 1.42. The number of hydrogen-bond acceptors (Lipinski definition) is 6. The quantitative estimate of drug-likeness (QED) is 0.430. The third-order valence-electron chi connectivity index (χ3n) is 5.13. The molecule has 1 aliphatic carbocycles. The molecule has 6 nitrogen and oxygen atoms in total. The van der Waals surface area contributed by atoms with Crippen LogP contribution in [-0.4, -0.2) is 21.5 Å². The Kier molecular flexibility index (Phi) is 5.10. The van der Waals surface area contributed by atoms with Gasteiger partial charge in [-0.15, -0.1) is 22.7 Å². The van der Waals surface area contributed by atoms with E-state index in [-0.39, 0.29) is 17.5 Å².